The number of nitrogens with zero attached hydrogens (tertiary/aromatic N) is 2. The maximum absolute atomic E-state index is 12.2. The highest BCUT2D eigenvalue weighted by molar-refractivity contribution is 9.10. The van der Waals surface area contributed by atoms with Gasteiger partial charge in [-0.3, -0.25) is 9.48 Å². The van der Waals surface area contributed by atoms with Gasteiger partial charge in [-0.1, -0.05) is 15.9 Å². The Hall–Kier alpha value is -1.86. The number of hydrogen-bond acceptors (Lipinski definition) is 4. The Morgan fingerprint density at radius 2 is 2.14 bits per heavy atom. The van der Waals surface area contributed by atoms with Crippen LogP contribution < -0.4 is 15.4 Å². The minimum atomic E-state index is -0.415. The van der Waals surface area contributed by atoms with Gasteiger partial charge in [-0.25, -0.2) is 0 Å². The van der Waals surface area contributed by atoms with E-state index in [1.165, 1.54) is 0 Å². The SMILES string of the molecule is CNC(C(=O)NCCOc1ccc(Br)cc1)c1cnn(C)c1. The molecule has 2 aromatic rings. The van der Waals surface area contributed by atoms with Crippen LogP contribution in [0.3, 0.4) is 0 Å². The summed E-state index contributed by atoms with van der Waals surface area (Å²) in [7, 11) is 3.57. The Kier molecular flexibility index (Phi) is 5.97. The van der Waals surface area contributed by atoms with Crippen molar-refractivity contribution in [1.29, 1.82) is 0 Å². The van der Waals surface area contributed by atoms with Gasteiger partial charge in [-0.05, 0) is 31.3 Å². The van der Waals surface area contributed by atoms with E-state index in [1.54, 1.807) is 17.9 Å². The van der Waals surface area contributed by atoms with Crippen molar-refractivity contribution in [1.82, 2.24) is 20.4 Å². The Balaban J connectivity index is 1.78. The fourth-order valence-corrected chi connectivity index (χ4v) is 2.28. The largest absolute Gasteiger partial charge is 0.492 e. The monoisotopic (exact) mass is 366 g/mol. The zero-order valence-electron chi connectivity index (χ0n) is 12.5. The topological polar surface area (TPSA) is 68.2 Å². The summed E-state index contributed by atoms with van der Waals surface area (Å²) in [6.45, 7) is 0.851. The molecule has 2 N–H and O–H groups in total. The summed E-state index contributed by atoms with van der Waals surface area (Å²) in [5.74, 6) is 0.671. The average molecular weight is 367 g/mol. The fraction of sp³-hybridized carbons (Fsp3) is 0.333. The molecule has 2 rings (SSSR count). The number of halogens is 1. The zero-order chi connectivity index (χ0) is 15.9. The fourth-order valence-electron chi connectivity index (χ4n) is 2.01. The number of likely N-dealkylation sites (N-methyl/N-ethyl adjacent to an activating group) is 1. The number of aryl methyl sites for hydroxylation is 1. The van der Waals surface area contributed by atoms with Crippen molar-refractivity contribution >= 4 is 21.8 Å². The van der Waals surface area contributed by atoms with Gasteiger partial charge in [0, 0.05) is 23.3 Å². The van der Waals surface area contributed by atoms with E-state index in [0.29, 0.717) is 13.2 Å². The molecule has 1 aromatic heterocycles. The van der Waals surface area contributed by atoms with Crippen LogP contribution in [0.4, 0.5) is 0 Å². The second-order valence-electron chi connectivity index (χ2n) is 4.76. The molecule has 0 saturated carbocycles. The molecule has 1 aromatic carbocycles. The van der Waals surface area contributed by atoms with Crippen LogP contribution in [0.5, 0.6) is 5.75 Å². The first-order valence-electron chi connectivity index (χ1n) is 6.92. The highest BCUT2D eigenvalue weighted by Gasteiger charge is 2.19. The van der Waals surface area contributed by atoms with E-state index >= 15 is 0 Å². The van der Waals surface area contributed by atoms with Crippen molar-refractivity contribution in [3.63, 3.8) is 0 Å². The third-order valence-electron chi connectivity index (χ3n) is 3.09. The molecule has 7 heteroatoms. The van der Waals surface area contributed by atoms with Crippen LogP contribution in [-0.2, 0) is 11.8 Å². The molecule has 0 aliphatic carbocycles. The molecule has 1 unspecified atom stereocenters. The van der Waals surface area contributed by atoms with Gasteiger partial charge in [0.05, 0.1) is 12.7 Å². The van der Waals surface area contributed by atoms with Gasteiger partial charge in [0.1, 0.15) is 18.4 Å². The molecular weight excluding hydrogens is 348 g/mol. The van der Waals surface area contributed by atoms with Gasteiger partial charge in [0.2, 0.25) is 5.91 Å². The van der Waals surface area contributed by atoms with Crippen LogP contribution in [0, 0.1) is 0 Å². The molecular formula is C15H19BrN4O2. The number of ether oxygens (including phenoxy) is 1. The van der Waals surface area contributed by atoms with Crippen molar-refractivity contribution in [3.05, 3.63) is 46.7 Å². The Labute approximate surface area is 138 Å². The van der Waals surface area contributed by atoms with E-state index < -0.39 is 6.04 Å². The molecule has 1 atom stereocenters. The molecule has 1 amide bonds. The smallest absolute Gasteiger partial charge is 0.241 e. The third kappa shape index (κ3) is 4.57. The lowest BCUT2D eigenvalue weighted by Gasteiger charge is -2.14. The van der Waals surface area contributed by atoms with Gasteiger partial charge in [0.25, 0.3) is 0 Å². The number of benzene rings is 1. The predicted octanol–water partition coefficient (Wildman–Crippen LogP) is 1.64. The lowest BCUT2D eigenvalue weighted by atomic mass is 10.1. The molecule has 0 spiro atoms. The molecule has 0 saturated heterocycles. The summed E-state index contributed by atoms with van der Waals surface area (Å²) in [6.07, 6.45) is 3.50. The third-order valence-corrected chi connectivity index (χ3v) is 3.62. The van der Waals surface area contributed by atoms with Gasteiger partial charge in [0.15, 0.2) is 0 Å². The Bertz CT molecular complexity index is 612. The van der Waals surface area contributed by atoms with Crippen molar-refractivity contribution in [3.8, 4) is 5.75 Å². The van der Waals surface area contributed by atoms with Gasteiger partial charge >= 0.3 is 0 Å². The Morgan fingerprint density at radius 1 is 1.41 bits per heavy atom. The van der Waals surface area contributed by atoms with Gasteiger partial charge in [-0.2, -0.15) is 5.10 Å². The second kappa shape index (κ2) is 7.95. The number of carbonyl (C=O) groups excluding carboxylic acids is 1. The van der Waals surface area contributed by atoms with E-state index in [9.17, 15) is 4.79 Å². The molecule has 0 aliphatic rings. The number of aromatic nitrogens is 2. The van der Waals surface area contributed by atoms with Crippen molar-refractivity contribution in [2.75, 3.05) is 20.2 Å². The highest BCUT2D eigenvalue weighted by atomic mass is 79.9. The summed E-state index contributed by atoms with van der Waals surface area (Å²) in [5.41, 5.74) is 0.830. The molecule has 6 nitrogen and oxygen atoms in total. The molecule has 0 bridgehead atoms. The van der Waals surface area contributed by atoms with Crippen LogP contribution in [0.1, 0.15) is 11.6 Å². The maximum atomic E-state index is 12.2. The number of hydrogen-bond donors (Lipinski definition) is 2. The molecule has 118 valence electrons. The first kappa shape index (κ1) is 16.5. The van der Waals surface area contributed by atoms with E-state index in [2.05, 4.69) is 31.7 Å². The van der Waals surface area contributed by atoms with Crippen LogP contribution in [0.15, 0.2) is 41.1 Å². The Morgan fingerprint density at radius 3 is 2.73 bits per heavy atom. The summed E-state index contributed by atoms with van der Waals surface area (Å²) in [4.78, 5) is 12.2. The first-order valence-corrected chi connectivity index (χ1v) is 7.71. The summed E-state index contributed by atoms with van der Waals surface area (Å²) in [6, 6.07) is 7.15. The van der Waals surface area contributed by atoms with Crippen LogP contribution >= 0.6 is 15.9 Å². The van der Waals surface area contributed by atoms with E-state index in [-0.39, 0.29) is 5.91 Å². The summed E-state index contributed by atoms with van der Waals surface area (Å²) < 4.78 is 8.23. The van der Waals surface area contributed by atoms with Gasteiger partial charge < -0.3 is 15.4 Å². The van der Waals surface area contributed by atoms with Crippen LogP contribution in [0.2, 0.25) is 0 Å². The normalized spacial score (nSPS) is 12.0. The molecule has 0 aliphatic heterocycles. The van der Waals surface area contributed by atoms with Crippen LogP contribution in [-0.4, -0.2) is 35.9 Å². The number of amides is 1. The standard InChI is InChI=1S/C15H19BrN4O2/c1-17-14(11-9-19-20(2)10-11)15(21)18-7-8-22-13-5-3-12(16)4-6-13/h3-6,9-10,14,17H,7-8H2,1-2H3,(H,18,21). The predicted molar refractivity (Wildman–Crippen MR) is 87.7 cm³/mol. The molecule has 0 radical (unpaired) electrons. The lowest BCUT2D eigenvalue weighted by molar-refractivity contribution is -0.123. The second-order valence-corrected chi connectivity index (χ2v) is 5.68. The minimum absolute atomic E-state index is 0.102. The summed E-state index contributed by atoms with van der Waals surface area (Å²) >= 11 is 3.37. The lowest BCUT2D eigenvalue weighted by Crippen LogP contribution is -2.37. The van der Waals surface area contributed by atoms with Gasteiger partial charge in [-0.15, -0.1) is 0 Å². The maximum Gasteiger partial charge on any atom is 0.241 e. The van der Waals surface area contributed by atoms with E-state index in [4.69, 9.17) is 4.74 Å². The van der Waals surface area contributed by atoms with Crippen molar-refractivity contribution in [2.24, 2.45) is 7.05 Å². The van der Waals surface area contributed by atoms with Crippen molar-refractivity contribution in [2.45, 2.75) is 6.04 Å². The summed E-state index contributed by atoms with van der Waals surface area (Å²) in [5, 5.41) is 9.91. The molecule has 1 heterocycles. The number of carbonyl (C=O) groups is 1. The van der Waals surface area contributed by atoms with Crippen molar-refractivity contribution < 1.29 is 9.53 Å². The zero-order valence-corrected chi connectivity index (χ0v) is 14.1. The highest BCUT2D eigenvalue weighted by Crippen LogP contribution is 2.16. The minimum Gasteiger partial charge on any atom is -0.492 e. The number of nitrogens with one attached hydrogen (secondary N) is 2. The molecule has 0 fully saturated rings. The van der Waals surface area contributed by atoms with E-state index in [0.717, 1.165) is 15.8 Å². The quantitative estimate of drug-likeness (QED) is 0.731. The first-order chi connectivity index (χ1) is 10.6. The van der Waals surface area contributed by atoms with E-state index in [1.807, 2.05) is 37.5 Å². The number of rotatable bonds is 7. The van der Waals surface area contributed by atoms with Crippen LogP contribution in [0.25, 0.3) is 0 Å². The average Bonchev–Trinajstić information content (AvgIpc) is 2.92. The molecule has 22 heavy (non-hydrogen) atoms.